The number of halogens is 1. The third-order valence-corrected chi connectivity index (χ3v) is 5.66. The van der Waals surface area contributed by atoms with E-state index >= 15 is 0 Å². The fourth-order valence-electron chi connectivity index (χ4n) is 3.41. The molecule has 9 heteroatoms. The summed E-state index contributed by atoms with van der Waals surface area (Å²) in [5, 5.41) is 0.460. The van der Waals surface area contributed by atoms with E-state index in [4.69, 9.17) is 16.3 Å². The van der Waals surface area contributed by atoms with Crippen molar-refractivity contribution in [1.29, 1.82) is 0 Å². The van der Waals surface area contributed by atoms with Crippen LogP contribution in [0.4, 0.5) is 5.69 Å². The Balaban J connectivity index is 2.19. The van der Waals surface area contributed by atoms with E-state index in [0.717, 1.165) is 26.8 Å². The van der Waals surface area contributed by atoms with Gasteiger partial charge in [0.25, 0.3) is 0 Å². The van der Waals surface area contributed by atoms with E-state index in [2.05, 4.69) is 16.6 Å². The highest BCUT2D eigenvalue weighted by molar-refractivity contribution is 6.32. The molecule has 1 heterocycles. The van der Waals surface area contributed by atoms with Crippen LogP contribution in [0.1, 0.15) is 30.5 Å². The first-order valence-electron chi connectivity index (χ1n) is 10.7. The fourth-order valence-corrected chi connectivity index (χ4v) is 3.75. The summed E-state index contributed by atoms with van der Waals surface area (Å²) in [6.45, 7) is 9.34. The standard InChI is InChI=1S/C25H27ClN4O4/c1-15(2)20-11-10-19(12-21(20)26)27-23-28-24(32)30(13-17(4)22(31)34-5)25(33)29(23)14-18-8-6-16(3)7-9-18/h6-12,17H,1,13-14H2,2-5H3,(H,27,28,32)/t17-/m0/s1. The molecule has 0 aliphatic carbocycles. The molecule has 1 N–H and O–H groups in total. The molecule has 0 bridgehead atoms. The predicted octanol–water partition coefficient (Wildman–Crippen LogP) is 3.42. The quantitative estimate of drug-likeness (QED) is 0.521. The molecule has 3 rings (SSSR count). The Morgan fingerprint density at radius 2 is 1.85 bits per heavy atom. The Morgan fingerprint density at radius 3 is 2.44 bits per heavy atom. The molecule has 1 atom stereocenters. The molecule has 3 aromatic rings. The van der Waals surface area contributed by atoms with Gasteiger partial charge in [0, 0.05) is 6.54 Å². The minimum atomic E-state index is -0.687. The second kappa shape index (κ2) is 10.5. The van der Waals surface area contributed by atoms with Gasteiger partial charge < -0.3 is 4.74 Å². The van der Waals surface area contributed by atoms with Gasteiger partial charge in [0.05, 0.1) is 30.3 Å². The number of H-pyrrole nitrogens is 1. The Morgan fingerprint density at radius 1 is 1.18 bits per heavy atom. The van der Waals surface area contributed by atoms with Crippen molar-refractivity contribution in [2.45, 2.75) is 33.9 Å². The van der Waals surface area contributed by atoms with Crippen LogP contribution in [0, 0.1) is 12.8 Å². The number of nitrogens with zero attached hydrogens (tertiary/aromatic N) is 3. The molecule has 0 spiro atoms. The SMILES string of the molecule is C=C(C)c1ccc(/N=c2\[nH]c(=O)n(C[C@H](C)C(=O)OC)c(=O)n2Cc2ccc(C)cc2)cc1Cl. The molecule has 0 aliphatic heterocycles. The van der Waals surface area contributed by atoms with Crippen molar-refractivity contribution < 1.29 is 9.53 Å². The number of aromatic amines is 1. The van der Waals surface area contributed by atoms with Crippen molar-refractivity contribution in [2.24, 2.45) is 10.9 Å². The smallest absolute Gasteiger partial charge is 0.335 e. The van der Waals surface area contributed by atoms with E-state index in [1.54, 1.807) is 25.1 Å². The van der Waals surface area contributed by atoms with Crippen LogP contribution in [0.5, 0.6) is 0 Å². The number of methoxy groups -OCH3 is 1. The summed E-state index contributed by atoms with van der Waals surface area (Å²) in [7, 11) is 1.26. The lowest BCUT2D eigenvalue weighted by molar-refractivity contribution is -0.145. The zero-order valence-electron chi connectivity index (χ0n) is 19.6. The molecule has 1 aromatic heterocycles. The van der Waals surface area contributed by atoms with Gasteiger partial charge in [0.15, 0.2) is 0 Å². The maximum Gasteiger partial charge on any atom is 0.335 e. The molecule has 178 valence electrons. The molecule has 0 aliphatic rings. The summed E-state index contributed by atoms with van der Waals surface area (Å²) in [6.07, 6.45) is 0. The minimum Gasteiger partial charge on any atom is -0.469 e. The van der Waals surface area contributed by atoms with Crippen LogP contribution in [0.25, 0.3) is 5.57 Å². The van der Waals surface area contributed by atoms with Crippen LogP contribution < -0.4 is 17.0 Å². The number of ether oxygens (including phenoxy) is 1. The average molecular weight is 483 g/mol. The van der Waals surface area contributed by atoms with Crippen LogP contribution in [0.15, 0.2) is 63.6 Å². The Hall–Kier alpha value is -3.65. The number of aryl methyl sites for hydroxylation is 1. The number of allylic oxidation sites excluding steroid dienone is 1. The monoisotopic (exact) mass is 482 g/mol. The van der Waals surface area contributed by atoms with Crippen molar-refractivity contribution in [3.8, 4) is 0 Å². The number of nitrogens with one attached hydrogen (secondary N) is 1. The van der Waals surface area contributed by atoms with Crippen molar-refractivity contribution >= 4 is 28.8 Å². The van der Waals surface area contributed by atoms with E-state index in [-0.39, 0.29) is 18.7 Å². The summed E-state index contributed by atoms with van der Waals surface area (Å²) in [4.78, 5) is 45.2. The summed E-state index contributed by atoms with van der Waals surface area (Å²) in [6, 6.07) is 12.8. The van der Waals surface area contributed by atoms with Crippen molar-refractivity contribution in [1.82, 2.24) is 14.1 Å². The molecule has 8 nitrogen and oxygen atoms in total. The number of carbonyl (C=O) groups excluding carboxylic acids is 1. The second-order valence-electron chi connectivity index (χ2n) is 8.20. The van der Waals surface area contributed by atoms with E-state index in [1.807, 2.05) is 38.1 Å². The van der Waals surface area contributed by atoms with Crippen LogP contribution in [-0.4, -0.2) is 27.2 Å². The van der Waals surface area contributed by atoms with Crippen molar-refractivity contribution in [2.75, 3.05) is 7.11 Å². The molecule has 2 aromatic carbocycles. The molecule has 0 radical (unpaired) electrons. The molecule has 34 heavy (non-hydrogen) atoms. The minimum absolute atomic E-state index is 0.0664. The number of hydrogen-bond acceptors (Lipinski definition) is 5. The Kier molecular flexibility index (Phi) is 7.73. The summed E-state index contributed by atoms with van der Waals surface area (Å²) < 4.78 is 7.07. The summed E-state index contributed by atoms with van der Waals surface area (Å²) in [5.74, 6) is -1.20. The van der Waals surface area contributed by atoms with Crippen molar-refractivity contribution in [3.63, 3.8) is 0 Å². The maximum atomic E-state index is 13.4. The topological polar surface area (TPSA) is 98.5 Å². The first-order valence-corrected chi connectivity index (χ1v) is 11.1. The van der Waals surface area contributed by atoms with Gasteiger partial charge in [-0.1, -0.05) is 61.0 Å². The Labute approximate surface area is 201 Å². The van der Waals surface area contributed by atoms with Crippen LogP contribution in [0.2, 0.25) is 5.02 Å². The fraction of sp³-hybridized carbons (Fsp3) is 0.280. The number of esters is 1. The van der Waals surface area contributed by atoms with Crippen LogP contribution in [0.3, 0.4) is 0 Å². The first-order chi connectivity index (χ1) is 16.1. The molecule has 0 saturated carbocycles. The number of benzene rings is 2. The van der Waals surface area contributed by atoms with Gasteiger partial charge in [-0.25, -0.2) is 19.1 Å². The second-order valence-corrected chi connectivity index (χ2v) is 8.61. The van der Waals surface area contributed by atoms with Gasteiger partial charge in [0.2, 0.25) is 5.62 Å². The predicted molar refractivity (Wildman–Crippen MR) is 132 cm³/mol. The molecule has 0 fully saturated rings. The van der Waals surface area contributed by atoms with Gasteiger partial charge in [-0.3, -0.25) is 14.3 Å². The largest absolute Gasteiger partial charge is 0.469 e. The number of rotatable bonds is 7. The number of aromatic nitrogens is 3. The van der Waals surface area contributed by atoms with Gasteiger partial charge in [-0.2, -0.15) is 0 Å². The molecule has 0 unspecified atom stereocenters. The lowest BCUT2D eigenvalue weighted by atomic mass is 10.1. The lowest BCUT2D eigenvalue weighted by Crippen LogP contribution is -2.51. The third-order valence-electron chi connectivity index (χ3n) is 5.35. The van der Waals surface area contributed by atoms with Gasteiger partial charge in [-0.05, 0) is 42.7 Å². The van der Waals surface area contributed by atoms with E-state index in [1.165, 1.54) is 11.7 Å². The zero-order chi connectivity index (χ0) is 25.0. The number of hydrogen-bond donors (Lipinski definition) is 1. The summed E-state index contributed by atoms with van der Waals surface area (Å²) >= 11 is 6.35. The molecule has 0 saturated heterocycles. The average Bonchev–Trinajstić information content (AvgIpc) is 2.79. The van der Waals surface area contributed by atoms with E-state index in [0.29, 0.717) is 10.7 Å². The van der Waals surface area contributed by atoms with Gasteiger partial charge >= 0.3 is 17.3 Å². The Bertz CT molecular complexity index is 1410. The van der Waals surface area contributed by atoms with Crippen LogP contribution in [-0.2, 0) is 22.6 Å². The third kappa shape index (κ3) is 5.63. The highest BCUT2D eigenvalue weighted by Crippen LogP contribution is 2.26. The highest BCUT2D eigenvalue weighted by atomic mass is 35.5. The zero-order valence-corrected chi connectivity index (χ0v) is 20.3. The maximum absolute atomic E-state index is 13.4. The summed E-state index contributed by atoms with van der Waals surface area (Å²) in [5.41, 5.74) is 2.78. The highest BCUT2D eigenvalue weighted by Gasteiger charge is 2.18. The lowest BCUT2D eigenvalue weighted by Gasteiger charge is -2.14. The van der Waals surface area contributed by atoms with E-state index in [9.17, 15) is 14.4 Å². The van der Waals surface area contributed by atoms with Crippen LogP contribution >= 0.6 is 11.6 Å². The van der Waals surface area contributed by atoms with Crippen molar-refractivity contribution in [3.05, 3.63) is 97.3 Å². The first kappa shape index (κ1) is 25.0. The molecule has 0 amide bonds. The van der Waals surface area contributed by atoms with Gasteiger partial charge in [-0.15, -0.1) is 0 Å². The van der Waals surface area contributed by atoms with E-state index < -0.39 is 23.3 Å². The normalized spacial score (nSPS) is 12.4. The molecular weight excluding hydrogens is 456 g/mol. The van der Waals surface area contributed by atoms with Gasteiger partial charge in [0.1, 0.15) is 0 Å². The molecular formula is C25H27ClN4O4. The number of carbonyl (C=O) groups is 1.